The van der Waals surface area contributed by atoms with Gasteiger partial charge in [-0.05, 0) is 35.4 Å². The third-order valence-electron chi connectivity index (χ3n) is 2.42. The monoisotopic (exact) mass is 243 g/mol. The molecule has 2 aromatic rings. The number of hydrogen-bond donors (Lipinski definition) is 1. The maximum absolute atomic E-state index is 13.9. The molecule has 4 heteroatoms. The largest absolute Gasteiger partial charge is 0.478 e. The Balaban J connectivity index is 2.55. The molecule has 1 heterocycles. The topological polar surface area (TPSA) is 50.2 Å². The number of rotatable bonds is 3. The molecule has 1 N–H and O–H groups in total. The molecule has 0 aliphatic heterocycles. The first-order valence-corrected chi connectivity index (χ1v) is 5.28. The fourth-order valence-electron chi connectivity index (χ4n) is 1.66. The number of pyridine rings is 1. The first kappa shape index (κ1) is 12.0. The first-order valence-electron chi connectivity index (χ1n) is 5.28. The van der Waals surface area contributed by atoms with Gasteiger partial charge in [-0.1, -0.05) is 12.1 Å². The normalized spacial score (nSPS) is 10.7. The molecular formula is C14H10FNO2. The zero-order valence-corrected chi connectivity index (χ0v) is 9.38. The van der Waals surface area contributed by atoms with Crippen molar-refractivity contribution in [2.45, 2.75) is 0 Å². The number of carboxylic acids is 1. The van der Waals surface area contributed by atoms with Gasteiger partial charge in [0.2, 0.25) is 0 Å². The standard InChI is InChI=1S/C14H10FNO2/c15-12-3-1-2-10(4-5-13(17)18)14(12)11-6-8-16-9-7-11/h1-9H,(H,17,18). The molecule has 0 radical (unpaired) electrons. The van der Waals surface area contributed by atoms with E-state index in [1.165, 1.54) is 12.1 Å². The van der Waals surface area contributed by atoms with Crippen LogP contribution >= 0.6 is 0 Å². The van der Waals surface area contributed by atoms with Gasteiger partial charge in [0.1, 0.15) is 5.82 Å². The van der Waals surface area contributed by atoms with Crippen molar-refractivity contribution in [1.82, 2.24) is 4.98 Å². The summed E-state index contributed by atoms with van der Waals surface area (Å²) in [4.78, 5) is 14.4. The molecule has 90 valence electrons. The zero-order chi connectivity index (χ0) is 13.0. The van der Waals surface area contributed by atoms with Crippen molar-refractivity contribution in [1.29, 1.82) is 0 Å². The van der Waals surface area contributed by atoms with Gasteiger partial charge in [-0.15, -0.1) is 0 Å². The Morgan fingerprint density at radius 3 is 2.61 bits per heavy atom. The van der Waals surface area contributed by atoms with E-state index >= 15 is 0 Å². The number of halogens is 1. The smallest absolute Gasteiger partial charge is 0.328 e. The van der Waals surface area contributed by atoms with Crippen LogP contribution in [0.4, 0.5) is 4.39 Å². The van der Waals surface area contributed by atoms with Crippen LogP contribution in [-0.2, 0) is 4.79 Å². The van der Waals surface area contributed by atoms with Gasteiger partial charge in [-0.3, -0.25) is 4.98 Å². The minimum atomic E-state index is -1.07. The Morgan fingerprint density at radius 2 is 1.94 bits per heavy atom. The number of aliphatic carboxylic acids is 1. The summed E-state index contributed by atoms with van der Waals surface area (Å²) < 4.78 is 13.9. The van der Waals surface area contributed by atoms with Crippen LogP contribution in [0.25, 0.3) is 17.2 Å². The lowest BCUT2D eigenvalue weighted by Crippen LogP contribution is -1.91. The summed E-state index contributed by atoms with van der Waals surface area (Å²) in [5.41, 5.74) is 1.55. The number of hydrogen-bond acceptors (Lipinski definition) is 2. The number of nitrogens with zero attached hydrogens (tertiary/aromatic N) is 1. The SMILES string of the molecule is O=C(O)C=Cc1cccc(F)c1-c1ccncc1. The van der Waals surface area contributed by atoms with E-state index in [4.69, 9.17) is 5.11 Å². The van der Waals surface area contributed by atoms with Gasteiger partial charge in [-0.25, -0.2) is 9.18 Å². The molecule has 0 spiro atoms. The van der Waals surface area contributed by atoms with Crippen molar-refractivity contribution in [3.63, 3.8) is 0 Å². The van der Waals surface area contributed by atoms with E-state index in [9.17, 15) is 9.18 Å². The van der Waals surface area contributed by atoms with Gasteiger partial charge in [0.05, 0.1) is 0 Å². The number of benzene rings is 1. The molecule has 0 unspecified atom stereocenters. The van der Waals surface area contributed by atoms with Crippen LogP contribution in [-0.4, -0.2) is 16.1 Å². The minimum absolute atomic E-state index is 0.373. The number of carbonyl (C=O) groups is 1. The maximum atomic E-state index is 13.9. The van der Waals surface area contributed by atoms with Crippen molar-refractivity contribution in [2.75, 3.05) is 0 Å². The van der Waals surface area contributed by atoms with Gasteiger partial charge in [-0.2, -0.15) is 0 Å². The third-order valence-corrected chi connectivity index (χ3v) is 2.42. The van der Waals surface area contributed by atoms with Gasteiger partial charge in [0.25, 0.3) is 0 Å². The first-order chi connectivity index (χ1) is 8.68. The highest BCUT2D eigenvalue weighted by atomic mass is 19.1. The van der Waals surface area contributed by atoms with Crippen molar-refractivity contribution < 1.29 is 14.3 Å². The van der Waals surface area contributed by atoms with Crippen molar-refractivity contribution in [2.24, 2.45) is 0 Å². The lowest BCUT2D eigenvalue weighted by Gasteiger charge is -2.07. The summed E-state index contributed by atoms with van der Waals surface area (Å²) >= 11 is 0. The molecule has 3 nitrogen and oxygen atoms in total. The average Bonchev–Trinajstić information content (AvgIpc) is 2.37. The lowest BCUT2D eigenvalue weighted by molar-refractivity contribution is -0.131. The molecule has 0 bridgehead atoms. The fourth-order valence-corrected chi connectivity index (χ4v) is 1.66. The molecule has 1 aromatic heterocycles. The van der Waals surface area contributed by atoms with E-state index in [2.05, 4.69) is 4.98 Å². The molecule has 0 atom stereocenters. The Hall–Kier alpha value is -2.49. The summed E-state index contributed by atoms with van der Waals surface area (Å²) in [6.07, 6.45) is 5.49. The average molecular weight is 243 g/mol. The summed E-state index contributed by atoms with van der Waals surface area (Å²) in [5.74, 6) is -1.46. The van der Waals surface area contributed by atoms with Crippen LogP contribution < -0.4 is 0 Å². The Bertz CT molecular complexity index is 594. The fraction of sp³-hybridized carbons (Fsp3) is 0. The highest BCUT2D eigenvalue weighted by Gasteiger charge is 2.08. The van der Waals surface area contributed by atoms with Gasteiger partial charge >= 0.3 is 5.97 Å². The molecule has 0 fully saturated rings. The predicted molar refractivity (Wildman–Crippen MR) is 66.3 cm³/mol. The molecule has 0 saturated carbocycles. The lowest BCUT2D eigenvalue weighted by atomic mass is 9.99. The molecule has 0 aliphatic carbocycles. The van der Waals surface area contributed by atoms with Crippen LogP contribution in [0.15, 0.2) is 48.8 Å². The maximum Gasteiger partial charge on any atom is 0.328 e. The molecule has 18 heavy (non-hydrogen) atoms. The Kier molecular flexibility index (Phi) is 3.48. The quantitative estimate of drug-likeness (QED) is 0.843. The van der Waals surface area contributed by atoms with Crippen LogP contribution in [0.3, 0.4) is 0 Å². The molecule has 0 saturated heterocycles. The molecule has 0 amide bonds. The van der Waals surface area contributed by atoms with Crippen LogP contribution in [0.2, 0.25) is 0 Å². The van der Waals surface area contributed by atoms with Crippen molar-refractivity contribution in [3.05, 3.63) is 60.2 Å². The predicted octanol–water partition coefficient (Wildman–Crippen LogP) is 2.99. The van der Waals surface area contributed by atoms with E-state index in [0.29, 0.717) is 16.7 Å². The molecule has 0 aliphatic rings. The number of aromatic nitrogens is 1. The highest BCUT2D eigenvalue weighted by Crippen LogP contribution is 2.27. The van der Waals surface area contributed by atoms with Crippen LogP contribution in [0.1, 0.15) is 5.56 Å². The van der Waals surface area contributed by atoms with Crippen molar-refractivity contribution in [3.8, 4) is 11.1 Å². The van der Waals surface area contributed by atoms with Gasteiger partial charge in [0.15, 0.2) is 0 Å². The molecule has 1 aromatic carbocycles. The second-order valence-electron chi connectivity index (χ2n) is 3.61. The van der Waals surface area contributed by atoms with E-state index in [-0.39, 0.29) is 0 Å². The van der Waals surface area contributed by atoms with E-state index in [1.807, 2.05) is 0 Å². The highest BCUT2D eigenvalue weighted by molar-refractivity contribution is 5.87. The zero-order valence-electron chi connectivity index (χ0n) is 9.38. The summed E-state index contributed by atoms with van der Waals surface area (Å²) in [6, 6.07) is 7.90. The molecular weight excluding hydrogens is 233 g/mol. The van der Waals surface area contributed by atoms with Crippen LogP contribution in [0, 0.1) is 5.82 Å². The summed E-state index contributed by atoms with van der Waals surface area (Å²) in [6.45, 7) is 0. The van der Waals surface area contributed by atoms with E-state index < -0.39 is 11.8 Å². The summed E-state index contributed by atoms with van der Waals surface area (Å²) in [7, 11) is 0. The van der Waals surface area contributed by atoms with E-state index in [1.54, 1.807) is 36.7 Å². The Morgan fingerprint density at radius 1 is 1.22 bits per heavy atom. The minimum Gasteiger partial charge on any atom is -0.478 e. The van der Waals surface area contributed by atoms with Crippen LogP contribution in [0.5, 0.6) is 0 Å². The third kappa shape index (κ3) is 2.60. The number of carboxylic acid groups (broad SMARTS) is 1. The van der Waals surface area contributed by atoms with E-state index in [0.717, 1.165) is 6.08 Å². The van der Waals surface area contributed by atoms with Gasteiger partial charge in [0, 0.05) is 24.0 Å². The summed E-state index contributed by atoms with van der Waals surface area (Å²) in [5, 5.41) is 8.62. The van der Waals surface area contributed by atoms with Gasteiger partial charge < -0.3 is 5.11 Å². The molecule has 2 rings (SSSR count). The second kappa shape index (κ2) is 5.23. The second-order valence-corrected chi connectivity index (χ2v) is 3.61. The Labute approximate surface area is 103 Å². The van der Waals surface area contributed by atoms with Crippen molar-refractivity contribution >= 4 is 12.0 Å².